The number of anilines is 1. The smallest absolute Gasteiger partial charge is 0.186 e. The number of thiazole rings is 1. The Bertz CT molecular complexity index is 506. The highest BCUT2D eigenvalue weighted by Gasteiger charge is 2.15. The average molecular weight is 252 g/mol. The molecule has 2 aromatic rings. The number of para-hydroxylation sites is 1. The van der Waals surface area contributed by atoms with Crippen LogP contribution in [0, 0.1) is 0 Å². The van der Waals surface area contributed by atoms with Crippen LogP contribution < -0.4 is 4.90 Å². The number of hydrogen-bond acceptors (Lipinski definition) is 5. The maximum Gasteiger partial charge on any atom is 0.186 e. The van der Waals surface area contributed by atoms with E-state index in [0.29, 0.717) is 0 Å². The number of aromatic nitrogens is 1. The predicted molar refractivity (Wildman–Crippen MR) is 69.9 cm³/mol. The molecule has 0 atom stereocenters. The number of thiol groups is 1. The zero-order valence-electron chi connectivity index (χ0n) is 8.72. The van der Waals surface area contributed by atoms with Gasteiger partial charge in [-0.3, -0.25) is 0 Å². The number of ether oxygens (including phenoxy) is 1. The van der Waals surface area contributed by atoms with Gasteiger partial charge in [0.05, 0.1) is 23.4 Å². The Balaban J connectivity index is 2.01. The van der Waals surface area contributed by atoms with Gasteiger partial charge in [0.25, 0.3) is 0 Å². The van der Waals surface area contributed by atoms with Crippen LogP contribution in [0.5, 0.6) is 0 Å². The second-order valence-electron chi connectivity index (χ2n) is 3.72. The van der Waals surface area contributed by atoms with Gasteiger partial charge in [-0.05, 0) is 12.1 Å². The van der Waals surface area contributed by atoms with Gasteiger partial charge >= 0.3 is 0 Å². The Morgan fingerprint density at radius 3 is 2.88 bits per heavy atom. The number of fused-ring (bicyclic) bond motifs is 1. The quantitative estimate of drug-likeness (QED) is 0.789. The lowest BCUT2D eigenvalue weighted by Crippen LogP contribution is -2.36. The lowest BCUT2D eigenvalue weighted by atomic mass is 10.3. The predicted octanol–water partition coefficient (Wildman–Crippen LogP) is 2.42. The third-order valence-electron chi connectivity index (χ3n) is 2.67. The molecule has 2 heterocycles. The molecule has 0 spiro atoms. The molecule has 0 amide bonds. The minimum Gasteiger partial charge on any atom is -0.378 e. The Morgan fingerprint density at radius 2 is 2.12 bits per heavy atom. The van der Waals surface area contributed by atoms with E-state index in [-0.39, 0.29) is 0 Å². The molecular weight excluding hydrogens is 240 g/mol. The van der Waals surface area contributed by atoms with Crippen LogP contribution in [-0.2, 0) is 4.74 Å². The van der Waals surface area contributed by atoms with Gasteiger partial charge in [-0.1, -0.05) is 17.4 Å². The summed E-state index contributed by atoms with van der Waals surface area (Å²) in [6, 6.07) is 6.09. The number of morpholine rings is 1. The Hall–Kier alpha value is -0.780. The molecule has 0 bridgehead atoms. The number of hydrogen-bond donors (Lipinski definition) is 1. The second kappa shape index (κ2) is 4.24. The zero-order chi connectivity index (χ0) is 11.0. The summed E-state index contributed by atoms with van der Waals surface area (Å²) in [6.45, 7) is 3.46. The van der Waals surface area contributed by atoms with Gasteiger partial charge < -0.3 is 9.64 Å². The summed E-state index contributed by atoms with van der Waals surface area (Å²) in [6.07, 6.45) is 0. The van der Waals surface area contributed by atoms with Crippen LogP contribution in [0.1, 0.15) is 0 Å². The van der Waals surface area contributed by atoms with E-state index in [0.717, 1.165) is 41.8 Å². The van der Waals surface area contributed by atoms with E-state index in [9.17, 15) is 0 Å². The maximum atomic E-state index is 5.34. The normalized spacial score (nSPS) is 16.9. The molecule has 1 saturated heterocycles. The largest absolute Gasteiger partial charge is 0.378 e. The van der Waals surface area contributed by atoms with E-state index < -0.39 is 0 Å². The molecule has 84 valence electrons. The molecule has 1 aliphatic heterocycles. The van der Waals surface area contributed by atoms with Crippen molar-refractivity contribution in [3.63, 3.8) is 0 Å². The Morgan fingerprint density at radius 1 is 1.31 bits per heavy atom. The minimum absolute atomic E-state index is 0.795. The van der Waals surface area contributed by atoms with Gasteiger partial charge in [-0.15, -0.1) is 12.6 Å². The van der Waals surface area contributed by atoms with Crippen molar-refractivity contribution in [2.45, 2.75) is 4.90 Å². The highest BCUT2D eigenvalue weighted by molar-refractivity contribution is 7.80. The minimum atomic E-state index is 0.795. The van der Waals surface area contributed by atoms with Crippen molar-refractivity contribution in [1.29, 1.82) is 0 Å². The number of nitrogens with zero attached hydrogens (tertiary/aromatic N) is 2. The lowest BCUT2D eigenvalue weighted by Gasteiger charge is -2.25. The summed E-state index contributed by atoms with van der Waals surface area (Å²) in [4.78, 5) is 7.88. The van der Waals surface area contributed by atoms with E-state index >= 15 is 0 Å². The molecule has 1 fully saturated rings. The molecule has 1 aromatic carbocycles. The second-order valence-corrected chi connectivity index (χ2v) is 5.21. The van der Waals surface area contributed by atoms with E-state index in [1.165, 1.54) is 4.70 Å². The fourth-order valence-electron chi connectivity index (χ4n) is 1.81. The summed E-state index contributed by atoms with van der Waals surface area (Å²) in [5.74, 6) is 0. The van der Waals surface area contributed by atoms with Crippen LogP contribution >= 0.6 is 24.0 Å². The zero-order valence-corrected chi connectivity index (χ0v) is 10.4. The molecule has 0 saturated carbocycles. The Kier molecular flexibility index (Phi) is 2.75. The summed E-state index contributed by atoms with van der Waals surface area (Å²) in [7, 11) is 0. The van der Waals surface area contributed by atoms with Crippen molar-refractivity contribution in [3.05, 3.63) is 18.2 Å². The van der Waals surface area contributed by atoms with Gasteiger partial charge in [0.1, 0.15) is 0 Å². The first-order chi connectivity index (χ1) is 7.84. The molecule has 0 aliphatic carbocycles. The molecule has 5 heteroatoms. The molecule has 1 aromatic heterocycles. The first kappa shape index (κ1) is 10.4. The summed E-state index contributed by atoms with van der Waals surface area (Å²) in [5.41, 5.74) is 1.01. The summed E-state index contributed by atoms with van der Waals surface area (Å²) in [5, 5.41) is 1.08. The monoisotopic (exact) mass is 252 g/mol. The van der Waals surface area contributed by atoms with Crippen LogP contribution in [0.25, 0.3) is 10.2 Å². The van der Waals surface area contributed by atoms with Gasteiger partial charge in [0.15, 0.2) is 5.13 Å². The van der Waals surface area contributed by atoms with Crippen molar-refractivity contribution >= 4 is 39.3 Å². The molecule has 0 radical (unpaired) electrons. The highest BCUT2D eigenvalue weighted by Crippen LogP contribution is 2.32. The molecule has 3 rings (SSSR count). The molecule has 3 nitrogen and oxygen atoms in total. The van der Waals surface area contributed by atoms with E-state index in [4.69, 9.17) is 4.74 Å². The standard InChI is InChI=1S/C11H12N2OS2/c15-8-2-1-3-9-10(8)12-11(16-9)13-4-6-14-7-5-13/h1-3,15H,4-7H2. The van der Waals surface area contributed by atoms with Crippen molar-refractivity contribution in [2.75, 3.05) is 31.2 Å². The first-order valence-corrected chi connectivity index (χ1v) is 6.52. The van der Waals surface area contributed by atoms with Crippen LogP contribution in [0.15, 0.2) is 23.1 Å². The SMILES string of the molecule is Sc1cccc2sc(N3CCOCC3)nc12. The molecule has 0 unspecified atom stereocenters. The van der Waals surface area contributed by atoms with Crippen molar-refractivity contribution in [3.8, 4) is 0 Å². The fraction of sp³-hybridized carbons (Fsp3) is 0.364. The topological polar surface area (TPSA) is 25.4 Å². The fourth-order valence-corrected chi connectivity index (χ4v) is 3.19. The van der Waals surface area contributed by atoms with Crippen LogP contribution in [-0.4, -0.2) is 31.3 Å². The van der Waals surface area contributed by atoms with Gasteiger partial charge in [0.2, 0.25) is 0 Å². The van der Waals surface area contributed by atoms with Crippen LogP contribution in [0.3, 0.4) is 0 Å². The van der Waals surface area contributed by atoms with Crippen molar-refractivity contribution in [2.24, 2.45) is 0 Å². The van der Waals surface area contributed by atoms with Crippen molar-refractivity contribution < 1.29 is 4.74 Å². The molecule has 0 N–H and O–H groups in total. The van der Waals surface area contributed by atoms with E-state index in [1.54, 1.807) is 11.3 Å². The first-order valence-electron chi connectivity index (χ1n) is 5.26. The van der Waals surface area contributed by atoms with Gasteiger partial charge in [-0.25, -0.2) is 4.98 Å². The van der Waals surface area contributed by atoms with Gasteiger partial charge in [0, 0.05) is 18.0 Å². The summed E-state index contributed by atoms with van der Waals surface area (Å²) >= 11 is 6.16. The molecule has 1 aliphatic rings. The molecular formula is C11H12N2OS2. The van der Waals surface area contributed by atoms with Crippen LogP contribution in [0.2, 0.25) is 0 Å². The average Bonchev–Trinajstić information content (AvgIpc) is 2.76. The number of rotatable bonds is 1. The van der Waals surface area contributed by atoms with E-state index in [1.807, 2.05) is 12.1 Å². The number of benzene rings is 1. The third kappa shape index (κ3) is 1.79. The van der Waals surface area contributed by atoms with E-state index in [2.05, 4.69) is 28.6 Å². The van der Waals surface area contributed by atoms with Crippen LogP contribution in [0.4, 0.5) is 5.13 Å². The van der Waals surface area contributed by atoms with Crippen molar-refractivity contribution in [1.82, 2.24) is 4.98 Å². The molecule has 16 heavy (non-hydrogen) atoms. The Labute approximate surface area is 103 Å². The highest BCUT2D eigenvalue weighted by atomic mass is 32.1. The third-order valence-corrected chi connectivity index (χ3v) is 4.11. The maximum absolute atomic E-state index is 5.34. The summed E-state index contributed by atoms with van der Waals surface area (Å²) < 4.78 is 6.54. The van der Waals surface area contributed by atoms with Gasteiger partial charge in [-0.2, -0.15) is 0 Å². The lowest BCUT2D eigenvalue weighted by molar-refractivity contribution is 0.122.